The number of anilines is 2. The van der Waals surface area contributed by atoms with Crippen molar-refractivity contribution in [2.75, 3.05) is 10.6 Å². The van der Waals surface area contributed by atoms with E-state index in [1.165, 1.54) is 22.7 Å². The molecule has 4 aromatic rings. The molecule has 2 heterocycles. The van der Waals surface area contributed by atoms with E-state index < -0.39 is 5.97 Å². The Labute approximate surface area is 198 Å². The summed E-state index contributed by atoms with van der Waals surface area (Å²) in [6, 6.07) is 21.4. The van der Waals surface area contributed by atoms with Crippen molar-refractivity contribution in [1.29, 1.82) is 0 Å². The molecule has 0 aliphatic carbocycles. The largest absolute Gasteiger partial charge is 0.487 e. The van der Waals surface area contributed by atoms with Crippen molar-refractivity contribution in [1.82, 2.24) is 4.98 Å². The third-order valence-electron chi connectivity index (χ3n) is 4.57. The van der Waals surface area contributed by atoms with E-state index in [0.29, 0.717) is 28.9 Å². The van der Waals surface area contributed by atoms with Crippen LogP contribution in [-0.4, -0.2) is 22.0 Å². The molecule has 0 aliphatic rings. The highest BCUT2D eigenvalue weighted by atomic mass is 32.1. The molecule has 4 rings (SSSR count). The number of benzene rings is 2. The summed E-state index contributed by atoms with van der Waals surface area (Å²) in [5, 5.41) is 17.0. The molecule has 3 N–H and O–H groups in total. The van der Waals surface area contributed by atoms with E-state index in [1.54, 1.807) is 11.4 Å². The van der Waals surface area contributed by atoms with Crippen molar-refractivity contribution in [2.24, 2.45) is 0 Å². The van der Waals surface area contributed by atoms with Crippen LogP contribution in [0.2, 0.25) is 0 Å². The molecule has 7 nitrogen and oxygen atoms in total. The summed E-state index contributed by atoms with van der Waals surface area (Å²) in [6.07, 6.45) is -0.169. The summed E-state index contributed by atoms with van der Waals surface area (Å²) in [5.74, 6) is -0.466. The highest BCUT2D eigenvalue weighted by Crippen LogP contribution is 2.27. The Bertz CT molecular complexity index is 1240. The molecule has 0 fully saturated rings. The van der Waals surface area contributed by atoms with Crippen LogP contribution in [0.4, 0.5) is 10.8 Å². The van der Waals surface area contributed by atoms with Crippen molar-refractivity contribution in [3.8, 4) is 5.75 Å². The average molecular weight is 480 g/mol. The van der Waals surface area contributed by atoms with Crippen LogP contribution in [0.15, 0.2) is 72.1 Å². The van der Waals surface area contributed by atoms with Gasteiger partial charge in [-0.2, -0.15) is 0 Å². The maximum Gasteiger partial charge on any atom is 0.309 e. The summed E-state index contributed by atoms with van der Waals surface area (Å²) >= 11 is 2.59. The Balaban J connectivity index is 1.33. The number of hydrogen-bond donors (Lipinski definition) is 3. The number of carbonyl (C=O) groups excluding carboxylic acids is 1. The standard InChI is InChI=1S/C24H21N3O4S2/c28-22(29)12-17-15-32-24(26-17)27-23(30)21-11-10-18(33-21)13-25-19-8-4-5-9-20(19)31-14-16-6-2-1-3-7-16/h1-11,15,25H,12-14H2,(H,28,29)(H,26,27,30). The highest BCUT2D eigenvalue weighted by Gasteiger charge is 2.13. The van der Waals surface area contributed by atoms with Gasteiger partial charge in [0.25, 0.3) is 5.91 Å². The van der Waals surface area contributed by atoms with Gasteiger partial charge in [-0.25, -0.2) is 4.98 Å². The Morgan fingerprint density at radius 2 is 1.79 bits per heavy atom. The molecule has 0 saturated carbocycles. The first-order chi connectivity index (χ1) is 16.1. The Morgan fingerprint density at radius 1 is 1.00 bits per heavy atom. The third kappa shape index (κ3) is 6.41. The number of nitrogens with zero attached hydrogens (tertiary/aromatic N) is 1. The Morgan fingerprint density at radius 3 is 2.61 bits per heavy atom. The molecule has 0 atom stereocenters. The lowest BCUT2D eigenvalue weighted by Crippen LogP contribution is -2.10. The van der Waals surface area contributed by atoms with Gasteiger partial charge in [0.2, 0.25) is 0 Å². The van der Waals surface area contributed by atoms with E-state index >= 15 is 0 Å². The summed E-state index contributed by atoms with van der Waals surface area (Å²) in [6.45, 7) is 1.03. The lowest BCUT2D eigenvalue weighted by Gasteiger charge is -2.13. The zero-order chi connectivity index (χ0) is 23.0. The van der Waals surface area contributed by atoms with Gasteiger partial charge in [0.05, 0.1) is 22.7 Å². The molecule has 0 spiro atoms. The second-order valence-corrected chi connectivity index (χ2v) is 9.09. The smallest absolute Gasteiger partial charge is 0.309 e. The van der Waals surface area contributed by atoms with Crippen molar-refractivity contribution < 1.29 is 19.4 Å². The van der Waals surface area contributed by atoms with E-state index in [1.807, 2.05) is 60.7 Å². The monoisotopic (exact) mass is 479 g/mol. The first-order valence-electron chi connectivity index (χ1n) is 10.1. The lowest BCUT2D eigenvalue weighted by atomic mass is 10.2. The lowest BCUT2D eigenvalue weighted by molar-refractivity contribution is -0.136. The number of thiophene rings is 1. The van der Waals surface area contributed by atoms with Crippen LogP contribution in [-0.2, 0) is 24.4 Å². The SMILES string of the molecule is O=C(O)Cc1csc(NC(=O)c2ccc(CNc3ccccc3OCc3ccccc3)s2)n1. The van der Waals surface area contributed by atoms with E-state index in [9.17, 15) is 9.59 Å². The molecule has 0 bridgehead atoms. The zero-order valence-electron chi connectivity index (χ0n) is 17.5. The molecule has 168 valence electrons. The zero-order valence-corrected chi connectivity index (χ0v) is 19.1. The molecule has 1 amide bonds. The van der Waals surface area contributed by atoms with E-state index in [0.717, 1.165) is 21.9 Å². The van der Waals surface area contributed by atoms with Crippen molar-refractivity contribution in [3.63, 3.8) is 0 Å². The fourth-order valence-electron chi connectivity index (χ4n) is 3.01. The first-order valence-corrected chi connectivity index (χ1v) is 11.8. The molecular weight excluding hydrogens is 458 g/mol. The van der Waals surface area contributed by atoms with Crippen LogP contribution in [0.5, 0.6) is 5.75 Å². The van der Waals surface area contributed by atoms with Crippen LogP contribution in [0.1, 0.15) is 25.8 Å². The normalized spacial score (nSPS) is 10.5. The van der Waals surface area contributed by atoms with Crippen LogP contribution in [0, 0.1) is 0 Å². The fourth-order valence-corrected chi connectivity index (χ4v) is 4.56. The van der Waals surface area contributed by atoms with Crippen LogP contribution in [0.25, 0.3) is 0 Å². The van der Waals surface area contributed by atoms with Crippen molar-refractivity contribution in [3.05, 3.63) is 93.1 Å². The number of carbonyl (C=O) groups is 2. The quantitative estimate of drug-likeness (QED) is 0.286. The maximum absolute atomic E-state index is 12.5. The summed E-state index contributed by atoms with van der Waals surface area (Å²) < 4.78 is 5.98. The second-order valence-electron chi connectivity index (χ2n) is 7.06. The van der Waals surface area contributed by atoms with Crippen LogP contribution < -0.4 is 15.4 Å². The molecule has 9 heteroatoms. The van der Waals surface area contributed by atoms with Gasteiger partial charge in [0.15, 0.2) is 5.13 Å². The van der Waals surface area contributed by atoms with Gasteiger partial charge >= 0.3 is 5.97 Å². The van der Waals surface area contributed by atoms with Gasteiger partial charge in [0.1, 0.15) is 12.4 Å². The van der Waals surface area contributed by atoms with Gasteiger partial charge < -0.3 is 15.2 Å². The predicted molar refractivity (Wildman–Crippen MR) is 130 cm³/mol. The first kappa shape index (κ1) is 22.5. The summed E-state index contributed by atoms with van der Waals surface area (Å²) in [4.78, 5) is 29.0. The van der Waals surface area contributed by atoms with Gasteiger partial charge in [-0.05, 0) is 29.8 Å². The molecule has 0 aliphatic heterocycles. The molecule has 0 saturated heterocycles. The number of amides is 1. The number of aromatic nitrogens is 1. The number of hydrogen-bond acceptors (Lipinski definition) is 7. The number of thiazole rings is 1. The molecular formula is C24H21N3O4S2. The Hall–Kier alpha value is -3.69. The predicted octanol–water partition coefficient (Wildman–Crippen LogP) is 5.28. The summed E-state index contributed by atoms with van der Waals surface area (Å²) in [7, 11) is 0. The molecule has 0 unspecified atom stereocenters. The summed E-state index contributed by atoms with van der Waals surface area (Å²) in [5.41, 5.74) is 2.39. The topological polar surface area (TPSA) is 101 Å². The average Bonchev–Trinajstić information content (AvgIpc) is 3.47. The minimum absolute atomic E-state index is 0.169. The van der Waals surface area contributed by atoms with Gasteiger partial charge in [-0.1, -0.05) is 42.5 Å². The number of nitrogens with one attached hydrogen (secondary N) is 2. The highest BCUT2D eigenvalue weighted by molar-refractivity contribution is 7.15. The molecule has 2 aromatic carbocycles. The molecule has 0 radical (unpaired) electrons. The number of carboxylic acids is 1. The van der Waals surface area contributed by atoms with Gasteiger partial charge in [-0.3, -0.25) is 14.9 Å². The minimum atomic E-state index is -0.958. The number of carboxylic acid groups (broad SMARTS) is 1. The maximum atomic E-state index is 12.5. The van der Waals surface area contributed by atoms with Crippen molar-refractivity contribution >= 4 is 45.4 Å². The molecule has 2 aromatic heterocycles. The van der Waals surface area contributed by atoms with Crippen LogP contribution in [0.3, 0.4) is 0 Å². The number of rotatable bonds is 10. The number of ether oxygens (including phenoxy) is 1. The molecule has 33 heavy (non-hydrogen) atoms. The van der Waals surface area contributed by atoms with Crippen molar-refractivity contribution in [2.45, 2.75) is 19.6 Å². The fraction of sp³-hybridized carbons (Fsp3) is 0.125. The second kappa shape index (κ2) is 10.8. The minimum Gasteiger partial charge on any atom is -0.487 e. The number of para-hydroxylation sites is 2. The van der Waals surface area contributed by atoms with Gasteiger partial charge in [0, 0.05) is 16.8 Å². The van der Waals surface area contributed by atoms with E-state index in [2.05, 4.69) is 15.6 Å². The van der Waals surface area contributed by atoms with E-state index in [-0.39, 0.29) is 12.3 Å². The number of aliphatic carboxylic acids is 1. The third-order valence-corrected chi connectivity index (χ3v) is 6.46. The van der Waals surface area contributed by atoms with Crippen LogP contribution >= 0.6 is 22.7 Å². The van der Waals surface area contributed by atoms with E-state index in [4.69, 9.17) is 9.84 Å². The Kier molecular flexibility index (Phi) is 7.33. The van der Waals surface area contributed by atoms with Gasteiger partial charge in [-0.15, -0.1) is 22.7 Å².